The third-order valence-corrected chi connectivity index (χ3v) is 3.52. The minimum absolute atomic E-state index is 0.975. The van der Waals surface area contributed by atoms with Crippen LogP contribution >= 0.6 is 25.3 Å². The van der Waals surface area contributed by atoms with Crippen molar-refractivity contribution >= 4 is 25.3 Å². The molecule has 0 saturated heterocycles. The van der Waals surface area contributed by atoms with Crippen molar-refractivity contribution in [2.75, 3.05) is 11.5 Å². The molecule has 0 N–H and O–H groups in total. The van der Waals surface area contributed by atoms with E-state index in [0.29, 0.717) is 0 Å². The molecule has 0 aromatic heterocycles. The van der Waals surface area contributed by atoms with Gasteiger partial charge >= 0.3 is 0 Å². The SMILES string of the molecule is Cc1cc(CCCS)ccc1CCCCS. The van der Waals surface area contributed by atoms with Gasteiger partial charge in [0, 0.05) is 0 Å². The van der Waals surface area contributed by atoms with Gasteiger partial charge in [-0.25, -0.2) is 0 Å². The average Bonchev–Trinajstić information content (AvgIpc) is 2.29. The van der Waals surface area contributed by atoms with Gasteiger partial charge in [-0.15, -0.1) is 0 Å². The first-order chi connectivity index (χ1) is 7.77. The fraction of sp³-hybridized carbons (Fsp3) is 0.571. The second-order valence-corrected chi connectivity index (χ2v) is 5.16. The second-order valence-electron chi connectivity index (χ2n) is 4.27. The minimum atomic E-state index is 0.975. The Kier molecular flexibility index (Phi) is 7.06. The Labute approximate surface area is 111 Å². The molecule has 0 saturated carbocycles. The van der Waals surface area contributed by atoms with Crippen LogP contribution in [0.3, 0.4) is 0 Å². The van der Waals surface area contributed by atoms with E-state index in [1.54, 1.807) is 0 Å². The third kappa shape index (κ3) is 4.84. The fourth-order valence-corrected chi connectivity index (χ4v) is 2.29. The van der Waals surface area contributed by atoms with Crippen molar-refractivity contribution in [3.63, 3.8) is 0 Å². The first kappa shape index (κ1) is 14.0. The molecule has 0 aliphatic carbocycles. The molecule has 0 unspecified atom stereocenters. The van der Waals surface area contributed by atoms with E-state index in [-0.39, 0.29) is 0 Å². The van der Waals surface area contributed by atoms with Gasteiger partial charge in [-0.05, 0) is 67.2 Å². The van der Waals surface area contributed by atoms with Gasteiger partial charge in [0.1, 0.15) is 0 Å². The number of aryl methyl sites for hydroxylation is 3. The van der Waals surface area contributed by atoms with Crippen LogP contribution in [0, 0.1) is 6.92 Å². The highest BCUT2D eigenvalue weighted by molar-refractivity contribution is 7.80. The first-order valence-corrected chi connectivity index (χ1v) is 7.34. The van der Waals surface area contributed by atoms with Gasteiger partial charge in [-0.1, -0.05) is 18.2 Å². The van der Waals surface area contributed by atoms with Crippen LogP contribution in [-0.4, -0.2) is 11.5 Å². The number of benzene rings is 1. The zero-order valence-electron chi connectivity index (χ0n) is 10.1. The van der Waals surface area contributed by atoms with Gasteiger partial charge in [0.25, 0.3) is 0 Å². The molecule has 90 valence electrons. The number of rotatable bonds is 7. The van der Waals surface area contributed by atoms with E-state index >= 15 is 0 Å². The lowest BCUT2D eigenvalue weighted by Gasteiger charge is -2.08. The van der Waals surface area contributed by atoms with E-state index in [0.717, 1.165) is 17.9 Å². The molecule has 0 amide bonds. The van der Waals surface area contributed by atoms with E-state index in [9.17, 15) is 0 Å². The maximum Gasteiger partial charge on any atom is -0.00947 e. The molecule has 0 aliphatic heterocycles. The molecular weight excluding hydrogens is 232 g/mol. The number of unbranched alkanes of at least 4 members (excludes halogenated alkanes) is 1. The standard InChI is InChI=1S/C14H22S2/c1-12-11-13(5-4-10-16)7-8-14(12)6-2-3-9-15/h7-8,11,15-16H,2-6,9-10H2,1H3. The van der Waals surface area contributed by atoms with E-state index in [1.165, 1.54) is 42.4 Å². The predicted molar refractivity (Wildman–Crippen MR) is 80.1 cm³/mol. The van der Waals surface area contributed by atoms with Gasteiger partial charge in [-0.3, -0.25) is 0 Å². The Morgan fingerprint density at radius 3 is 2.31 bits per heavy atom. The summed E-state index contributed by atoms with van der Waals surface area (Å²) in [7, 11) is 0. The summed E-state index contributed by atoms with van der Waals surface area (Å²) in [4.78, 5) is 0. The molecule has 16 heavy (non-hydrogen) atoms. The van der Waals surface area contributed by atoms with Crippen LogP contribution in [0.4, 0.5) is 0 Å². The van der Waals surface area contributed by atoms with Gasteiger partial charge in [0.15, 0.2) is 0 Å². The average molecular weight is 254 g/mol. The van der Waals surface area contributed by atoms with Crippen LogP contribution < -0.4 is 0 Å². The molecule has 1 aromatic rings. The molecule has 0 nitrogen and oxygen atoms in total. The maximum absolute atomic E-state index is 4.25. The van der Waals surface area contributed by atoms with Crippen LogP contribution in [-0.2, 0) is 12.8 Å². The number of hydrogen-bond acceptors (Lipinski definition) is 2. The van der Waals surface area contributed by atoms with E-state index in [1.807, 2.05) is 0 Å². The highest BCUT2D eigenvalue weighted by Crippen LogP contribution is 2.15. The number of hydrogen-bond donors (Lipinski definition) is 2. The molecule has 0 spiro atoms. The Hall–Kier alpha value is -0.0800. The zero-order valence-corrected chi connectivity index (χ0v) is 11.9. The summed E-state index contributed by atoms with van der Waals surface area (Å²) in [6, 6.07) is 6.90. The fourth-order valence-electron chi connectivity index (χ4n) is 1.90. The number of thiol groups is 2. The normalized spacial score (nSPS) is 10.7. The Morgan fingerprint density at radius 1 is 0.938 bits per heavy atom. The molecule has 0 bridgehead atoms. The molecule has 0 heterocycles. The minimum Gasteiger partial charge on any atom is -0.179 e. The van der Waals surface area contributed by atoms with Gasteiger partial charge in [0.2, 0.25) is 0 Å². The largest absolute Gasteiger partial charge is 0.179 e. The van der Waals surface area contributed by atoms with Crippen molar-refractivity contribution in [1.82, 2.24) is 0 Å². The lowest BCUT2D eigenvalue weighted by molar-refractivity contribution is 0.798. The summed E-state index contributed by atoms with van der Waals surface area (Å²) in [5, 5.41) is 0. The van der Waals surface area contributed by atoms with Crippen molar-refractivity contribution in [2.45, 2.75) is 39.0 Å². The smallest absolute Gasteiger partial charge is 0.00947 e. The van der Waals surface area contributed by atoms with Crippen molar-refractivity contribution in [2.24, 2.45) is 0 Å². The molecule has 2 heteroatoms. The Morgan fingerprint density at radius 2 is 1.69 bits per heavy atom. The van der Waals surface area contributed by atoms with E-state index in [4.69, 9.17) is 0 Å². The highest BCUT2D eigenvalue weighted by atomic mass is 32.1. The Bertz CT molecular complexity index is 308. The summed E-state index contributed by atoms with van der Waals surface area (Å²) in [6.45, 7) is 2.22. The maximum atomic E-state index is 4.25. The van der Waals surface area contributed by atoms with Crippen LogP contribution in [0.1, 0.15) is 36.0 Å². The van der Waals surface area contributed by atoms with Crippen molar-refractivity contribution in [3.05, 3.63) is 34.9 Å². The summed E-state index contributed by atoms with van der Waals surface area (Å²) in [5.41, 5.74) is 4.39. The molecule has 0 aliphatic rings. The monoisotopic (exact) mass is 254 g/mol. The molecule has 0 fully saturated rings. The summed E-state index contributed by atoms with van der Waals surface area (Å²) in [5.74, 6) is 1.97. The topological polar surface area (TPSA) is 0 Å². The predicted octanol–water partition coefficient (Wildman–Crippen LogP) is 4.11. The summed E-state index contributed by atoms with van der Waals surface area (Å²) < 4.78 is 0. The Balaban J connectivity index is 2.53. The molecule has 0 atom stereocenters. The zero-order chi connectivity index (χ0) is 11.8. The van der Waals surface area contributed by atoms with Gasteiger partial charge < -0.3 is 0 Å². The molecular formula is C14H22S2. The van der Waals surface area contributed by atoms with Crippen molar-refractivity contribution < 1.29 is 0 Å². The lowest BCUT2D eigenvalue weighted by Crippen LogP contribution is -1.94. The van der Waals surface area contributed by atoms with Crippen LogP contribution in [0.5, 0.6) is 0 Å². The third-order valence-electron chi connectivity index (χ3n) is 2.88. The van der Waals surface area contributed by atoms with Crippen LogP contribution in [0.25, 0.3) is 0 Å². The highest BCUT2D eigenvalue weighted by Gasteiger charge is 2.00. The molecule has 1 rings (SSSR count). The molecule has 0 radical (unpaired) electrons. The van der Waals surface area contributed by atoms with Crippen molar-refractivity contribution in [1.29, 1.82) is 0 Å². The van der Waals surface area contributed by atoms with E-state index in [2.05, 4.69) is 50.4 Å². The second kappa shape index (κ2) is 8.08. The van der Waals surface area contributed by atoms with Gasteiger partial charge in [-0.2, -0.15) is 25.3 Å². The van der Waals surface area contributed by atoms with Gasteiger partial charge in [0.05, 0.1) is 0 Å². The van der Waals surface area contributed by atoms with Crippen LogP contribution in [0.2, 0.25) is 0 Å². The first-order valence-electron chi connectivity index (χ1n) is 6.08. The van der Waals surface area contributed by atoms with Crippen LogP contribution in [0.15, 0.2) is 18.2 Å². The molecule has 1 aromatic carbocycles. The van der Waals surface area contributed by atoms with E-state index < -0.39 is 0 Å². The lowest BCUT2D eigenvalue weighted by atomic mass is 9.99. The quantitative estimate of drug-likeness (QED) is 0.531. The summed E-state index contributed by atoms with van der Waals surface area (Å²) >= 11 is 8.49. The summed E-state index contributed by atoms with van der Waals surface area (Å²) in [6.07, 6.45) is 5.98. The van der Waals surface area contributed by atoms with Crippen molar-refractivity contribution in [3.8, 4) is 0 Å².